The number of nitrogens with zero attached hydrogens (tertiary/aromatic N) is 1. The number of nitrogens with one attached hydrogen (secondary N) is 4. The minimum absolute atomic E-state index is 0.0567. The molecule has 1 aromatic heterocycles. The van der Waals surface area contributed by atoms with Crippen LogP contribution in [-0.4, -0.2) is 87.4 Å². The zero-order valence-electron chi connectivity index (χ0n) is 20.2. The molecule has 0 saturated heterocycles. The summed E-state index contributed by atoms with van der Waals surface area (Å²) in [5.74, 6) is -3.71. The highest BCUT2D eigenvalue weighted by Crippen LogP contribution is 2.06. The number of primary amides is 1. The lowest BCUT2D eigenvalue weighted by Gasteiger charge is -2.25. The summed E-state index contributed by atoms with van der Waals surface area (Å²) in [6.07, 6.45) is 5.62. The fraction of sp³-hybridized carbons (Fsp3) is 0.619. The van der Waals surface area contributed by atoms with Crippen molar-refractivity contribution < 1.29 is 29.1 Å². The van der Waals surface area contributed by atoms with Crippen LogP contribution >= 0.6 is 11.8 Å². The number of hydrogen-bond acceptors (Lipinski definition) is 9. The Kier molecular flexibility index (Phi) is 14.1. The van der Waals surface area contributed by atoms with E-state index in [-0.39, 0.29) is 12.8 Å². The molecular weight excluding hydrogens is 492 g/mol. The number of hydrogen-bond donors (Lipinski definition) is 8. The van der Waals surface area contributed by atoms with Crippen LogP contribution < -0.4 is 33.2 Å². The smallest absolute Gasteiger partial charge is 0.326 e. The first-order valence-corrected chi connectivity index (χ1v) is 12.8. The van der Waals surface area contributed by atoms with Crippen molar-refractivity contribution in [2.75, 3.05) is 18.6 Å². The Morgan fingerprint density at radius 3 is 2.22 bits per heavy atom. The lowest BCUT2D eigenvalue weighted by atomic mass is 10.1. The molecule has 202 valence electrons. The molecule has 1 heterocycles. The van der Waals surface area contributed by atoms with Gasteiger partial charge in [0.1, 0.15) is 18.1 Å². The predicted octanol–water partition coefficient (Wildman–Crippen LogP) is -2.42. The molecule has 4 unspecified atom stereocenters. The van der Waals surface area contributed by atoms with Crippen LogP contribution in [0, 0.1) is 0 Å². The van der Waals surface area contributed by atoms with Gasteiger partial charge < -0.3 is 43.2 Å². The highest BCUT2D eigenvalue weighted by atomic mass is 32.2. The third-order valence-electron chi connectivity index (χ3n) is 5.18. The Bertz CT molecular complexity index is 869. The van der Waals surface area contributed by atoms with Crippen LogP contribution in [0.15, 0.2) is 12.5 Å². The van der Waals surface area contributed by atoms with E-state index in [1.54, 1.807) is 0 Å². The summed E-state index contributed by atoms with van der Waals surface area (Å²) >= 11 is 1.50. The van der Waals surface area contributed by atoms with E-state index in [4.69, 9.17) is 17.2 Å². The molecule has 11 N–H and O–H groups in total. The van der Waals surface area contributed by atoms with Gasteiger partial charge in [-0.05, 0) is 44.2 Å². The van der Waals surface area contributed by atoms with Crippen molar-refractivity contribution in [2.45, 2.75) is 62.7 Å². The van der Waals surface area contributed by atoms with Crippen molar-refractivity contribution >= 4 is 41.4 Å². The molecular formula is C21H36N8O6S. The first-order valence-electron chi connectivity index (χ1n) is 11.4. The third-order valence-corrected chi connectivity index (χ3v) is 5.83. The third kappa shape index (κ3) is 11.5. The Hall–Kier alpha value is -3.17. The van der Waals surface area contributed by atoms with Crippen molar-refractivity contribution in [2.24, 2.45) is 17.2 Å². The van der Waals surface area contributed by atoms with E-state index in [9.17, 15) is 29.1 Å². The van der Waals surface area contributed by atoms with Crippen LogP contribution in [0.25, 0.3) is 0 Å². The second-order valence-electron chi connectivity index (χ2n) is 8.15. The van der Waals surface area contributed by atoms with Crippen molar-refractivity contribution in [3.8, 4) is 0 Å². The lowest BCUT2D eigenvalue weighted by molar-refractivity contribution is -0.142. The van der Waals surface area contributed by atoms with E-state index < -0.39 is 60.2 Å². The molecule has 0 fully saturated rings. The zero-order chi connectivity index (χ0) is 27.1. The van der Waals surface area contributed by atoms with Gasteiger partial charge in [-0.25, -0.2) is 9.78 Å². The average Bonchev–Trinajstić information content (AvgIpc) is 3.33. The maximum absolute atomic E-state index is 13.0. The number of carbonyl (C=O) groups excluding carboxylic acids is 4. The number of nitrogens with two attached hydrogens (primary N) is 3. The Balaban J connectivity index is 2.96. The highest BCUT2D eigenvalue weighted by Gasteiger charge is 2.31. The monoisotopic (exact) mass is 528 g/mol. The first kappa shape index (κ1) is 30.9. The molecule has 0 aliphatic heterocycles. The number of aromatic nitrogens is 2. The number of rotatable bonds is 18. The van der Waals surface area contributed by atoms with Crippen LogP contribution in [0.5, 0.6) is 0 Å². The minimum Gasteiger partial charge on any atom is -0.480 e. The van der Waals surface area contributed by atoms with Gasteiger partial charge in [0.2, 0.25) is 23.6 Å². The Morgan fingerprint density at radius 2 is 1.67 bits per heavy atom. The van der Waals surface area contributed by atoms with Gasteiger partial charge in [-0.1, -0.05) is 0 Å². The van der Waals surface area contributed by atoms with E-state index in [1.807, 2.05) is 6.26 Å². The SMILES string of the molecule is CSCCC(N)C(=O)NC(CC(N)=O)C(=O)NC(CCCCN)C(=O)NC(Cc1cnc[nH]1)C(=O)O. The molecule has 1 aromatic rings. The van der Waals surface area contributed by atoms with Crippen molar-refractivity contribution in [1.82, 2.24) is 25.9 Å². The van der Waals surface area contributed by atoms with Gasteiger partial charge >= 0.3 is 5.97 Å². The molecule has 4 atom stereocenters. The molecule has 1 rings (SSSR count). The van der Waals surface area contributed by atoms with Crippen LogP contribution in [0.2, 0.25) is 0 Å². The van der Waals surface area contributed by atoms with E-state index in [0.717, 1.165) is 0 Å². The fourth-order valence-corrected chi connectivity index (χ4v) is 3.68. The molecule has 0 spiro atoms. The summed E-state index contributed by atoms with van der Waals surface area (Å²) in [4.78, 5) is 68.1. The highest BCUT2D eigenvalue weighted by molar-refractivity contribution is 7.98. The van der Waals surface area contributed by atoms with E-state index in [1.165, 1.54) is 24.3 Å². The van der Waals surface area contributed by atoms with Gasteiger partial charge in [0.15, 0.2) is 0 Å². The second-order valence-corrected chi connectivity index (χ2v) is 9.13. The quantitative estimate of drug-likeness (QED) is 0.0936. The standard InChI is InChI=1S/C21H36N8O6S/c1-36-7-5-13(23)18(31)28-15(9-17(24)30)20(33)27-14(4-2-3-6-22)19(32)29-16(21(34)35)8-12-10-25-11-26-12/h10-11,13-16H,2-9,22-23H2,1H3,(H2,24,30)(H,25,26)(H,27,33)(H,28,31)(H,29,32)(H,34,35). The van der Waals surface area contributed by atoms with Gasteiger partial charge in [0.05, 0.1) is 18.8 Å². The van der Waals surface area contributed by atoms with Crippen LogP contribution in [0.1, 0.15) is 37.8 Å². The number of carbonyl (C=O) groups is 5. The molecule has 14 nitrogen and oxygen atoms in total. The summed E-state index contributed by atoms with van der Waals surface area (Å²) in [6, 6.07) is -4.70. The average molecular weight is 529 g/mol. The number of H-pyrrole nitrogens is 1. The first-order chi connectivity index (χ1) is 17.1. The van der Waals surface area contributed by atoms with E-state index in [0.29, 0.717) is 37.3 Å². The number of carboxylic acid groups (broad SMARTS) is 1. The van der Waals surface area contributed by atoms with Gasteiger partial charge in [-0.2, -0.15) is 11.8 Å². The molecule has 0 aromatic carbocycles. The van der Waals surface area contributed by atoms with Crippen molar-refractivity contribution in [1.29, 1.82) is 0 Å². The summed E-state index contributed by atoms with van der Waals surface area (Å²) in [7, 11) is 0. The number of unbranched alkanes of at least 4 members (excludes halogenated alkanes) is 1. The summed E-state index contributed by atoms with van der Waals surface area (Å²) in [5, 5.41) is 16.9. The maximum Gasteiger partial charge on any atom is 0.326 e. The van der Waals surface area contributed by atoms with Gasteiger partial charge in [-0.3, -0.25) is 19.2 Å². The van der Waals surface area contributed by atoms with Gasteiger partial charge in [0.25, 0.3) is 0 Å². The summed E-state index contributed by atoms with van der Waals surface area (Å²) in [5.41, 5.74) is 17.1. The fourth-order valence-electron chi connectivity index (χ4n) is 3.19. The largest absolute Gasteiger partial charge is 0.480 e. The molecule has 4 amide bonds. The number of imidazole rings is 1. The van der Waals surface area contributed by atoms with Crippen molar-refractivity contribution in [3.63, 3.8) is 0 Å². The molecule has 15 heteroatoms. The predicted molar refractivity (Wildman–Crippen MR) is 133 cm³/mol. The second kappa shape index (κ2) is 16.5. The Labute approximate surface area is 213 Å². The van der Waals surface area contributed by atoms with Crippen LogP contribution in [-0.2, 0) is 30.4 Å². The topological polar surface area (TPSA) is 248 Å². The van der Waals surface area contributed by atoms with Crippen molar-refractivity contribution in [3.05, 3.63) is 18.2 Å². The maximum atomic E-state index is 13.0. The normalized spacial score (nSPS) is 14.2. The molecule has 0 saturated carbocycles. The number of aliphatic carboxylic acids is 1. The molecule has 0 bridgehead atoms. The van der Waals surface area contributed by atoms with Crippen LogP contribution in [0.3, 0.4) is 0 Å². The molecule has 0 aliphatic rings. The number of carboxylic acids is 1. The van der Waals surface area contributed by atoms with Crippen LogP contribution in [0.4, 0.5) is 0 Å². The van der Waals surface area contributed by atoms with E-state index >= 15 is 0 Å². The Morgan fingerprint density at radius 1 is 1.03 bits per heavy atom. The minimum atomic E-state index is -1.36. The lowest BCUT2D eigenvalue weighted by Crippen LogP contribution is -2.58. The van der Waals surface area contributed by atoms with Gasteiger partial charge in [0, 0.05) is 18.3 Å². The summed E-state index contributed by atoms with van der Waals surface area (Å²) in [6.45, 7) is 0.355. The molecule has 36 heavy (non-hydrogen) atoms. The summed E-state index contributed by atoms with van der Waals surface area (Å²) < 4.78 is 0. The van der Waals surface area contributed by atoms with E-state index in [2.05, 4.69) is 25.9 Å². The number of thioether (sulfide) groups is 1. The zero-order valence-corrected chi connectivity index (χ0v) is 21.0. The number of amides is 4. The molecule has 0 aliphatic carbocycles. The van der Waals surface area contributed by atoms with Gasteiger partial charge in [-0.15, -0.1) is 0 Å². The number of aromatic amines is 1. The molecule has 0 radical (unpaired) electrons.